The molecule has 5 nitrogen and oxygen atoms in total. The van der Waals surface area contributed by atoms with Crippen LogP contribution in [0.2, 0.25) is 0 Å². The van der Waals surface area contributed by atoms with E-state index in [0.717, 1.165) is 50.3 Å². The number of hydrogen-bond donors (Lipinski definition) is 1. The molecule has 1 aromatic carbocycles. The van der Waals surface area contributed by atoms with Crippen molar-refractivity contribution in [3.63, 3.8) is 0 Å². The van der Waals surface area contributed by atoms with Crippen molar-refractivity contribution in [1.29, 1.82) is 0 Å². The third-order valence-corrected chi connectivity index (χ3v) is 6.31. The monoisotopic (exact) mass is 393 g/mol. The minimum Gasteiger partial charge on any atom is -0.497 e. The molecule has 154 valence electrons. The number of anilines is 1. The third-order valence-electron chi connectivity index (χ3n) is 6.31. The second kappa shape index (κ2) is 9.29. The zero-order chi connectivity index (χ0) is 20.1. The fourth-order valence-corrected chi connectivity index (χ4v) is 4.55. The van der Waals surface area contributed by atoms with Gasteiger partial charge in [0.05, 0.1) is 7.11 Å². The van der Waals surface area contributed by atoms with E-state index in [1.165, 1.54) is 24.8 Å². The number of pyridine rings is 1. The number of aromatic nitrogens is 1. The highest BCUT2D eigenvalue weighted by molar-refractivity contribution is 5.92. The van der Waals surface area contributed by atoms with Gasteiger partial charge in [-0.1, -0.05) is 37.5 Å². The standard InChI is InChI=1S/C24H31N3O2/c1-29-21-12-10-18(11-13-21)19-14-16-27(17-15-19)23-9-5-8-22(26-23)24(28)25-20-6-3-2-4-7-20/h5,8-13,19-20H,2-4,6-7,14-17H2,1H3,(H,25,28). The van der Waals surface area contributed by atoms with Gasteiger partial charge in [-0.25, -0.2) is 4.98 Å². The van der Waals surface area contributed by atoms with Gasteiger partial charge in [0.15, 0.2) is 0 Å². The number of amides is 1. The maximum absolute atomic E-state index is 12.6. The first-order valence-corrected chi connectivity index (χ1v) is 10.9. The first-order valence-electron chi connectivity index (χ1n) is 10.9. The van der Waals surface area contributed by atoms with E-state index in [2.05, 4.69) is 27.3 Å². The van der Waals surface area contributed by atoms with Crippen LogP contribution >= 0.6 is 0 Å². The Labute approximate surface area is 173 Å². The number of rotatable bonds is 5. The molecular formula is C24H31N3O2. The molecule has 0 unspecified atom stereocenters. The molecule has 2 heterocycles. The largest absolute Gasteiger partial charge is 0.497 e. The minimum atomic E-state index is -0.0353. The topological polar surface area (TPSA) is 54.5 Å². The SMILES string of the molecule is COc1ccc(C2CCN(c3cccc(C(=O)NC4CCCCC4)n3)CC2)cc1. The molecule has 2 aliphatic rings. The van der Waals surface area contributed by atoms with E-state index >= 15 is 0 Å². The van der Waals surface area contributed by atoms with Crippen LogP contribution in [-0.2, 0) is 0 Å². The Balaban J connectivity index is 1.35. The van der Waals surface area contributed by atoms with Crippen molar-refractivity contribution in [3.05, 3.63) is 53.7 Å². The normalized spacial score (nSPS) is 18.4. The fraction of sp³-hybridized carbons (Fsp3) is 0.500. The van der Waals surface area contributed by atoms with Crippen LogP contribution in [0.1, 0.15) is 66.9 Å². The Hall–Kier alpha value is -2.56. The Morgan fingerprint density at radius 1 is 1.00 bits per heavy atom. The lowest BCUT2D eigenvalue weighted by Crippen LogP contribution is -2.37. The Morgan fingerprint density at radius 2 is 1.72 bits per heavy atom. The molecule has 0 spiro atoms. The first-order chi connectivity index (χ1) is 14.2. The van der Waals surface area contributed by atoms with Gasteiger partial charge in [-0.2, -0.15) is 0 Å². The Bertz CT molecular complexity index is 807. The average molecular weight is 394 g/mol. The molecule has 2 fully saturated rings. The molecule has 1 aliphatic heterocycles. The van der Waals surface area contributed by atoms with E-state index in [9.17, 15) is 4.79 Å². The van der Waals surface area contributed by atoms with Crippen LogP contribution in [0, 0.1) is 0 Å². The third kappa shape index (κ3) is 4.89. The number of carbonyl (C=O) groups is 1. The van der Waals surface area contributed by atoms with Gasteiger partial charge in [0, 0.05) is 19.1 Å². The first kappa shape index (κ1) is 19.7. The lowest BCUT2D eigenvalue weighted by molar-refractivity contribution is 0.0922. The molecule has 1 amide bonds. The summed E-state index contributed by atoms with van der Waals surface area (Å²) < 4.78 is 5.26. The molecule has 0 bridgehead atoms. The van der Waals surface area contributed by atoms with Gasteiger partial charge in [-0.15, -0.1) is 0 Å². The fourth-order valence-electron chi connectivity index (χ4n) is 4.55. The van der Waals surface area contributed by atoms with Crippen LogP contribution in [-0.4, -0.2) is 37.1 Å². The minimum absolute atomic E-state index is 0.0353. The van der Waals surface area contributed by atoms with Crippen molar-refractivity contribution < 1.29 is 9.53 Å². The van der Waals surface area contributed by atoms with E-state index < -0.39 is 0 Å². The molecule has 1 aliphatic carbocycles. The van der Waals surface area contributed by atoms with E-state index in [1.54, 1.807) is 7.11 Å². The van der Waals surface area contributed by atoms with Crippen LogP contribution in [0.25, 0.3) is 0 Å². The Kier molecular flexibility index (Phi) is 6.33. The van der Waals surface area contributed by atoms with Gasteiger partial charge in [0.2, 0.25) is 0 Å². The smallest absolute Gasteiger partial charge is 0.270 e. The van der Waals surface area contributed by atoms with Crippen LogP contribution in [0.5, 0.6) is 5.75 Å². The summed E-state index contributed by atoms with van der Waals surface area (Å²) in [5.74, 6) is 2.34. The zero-order valence-corrected chi connectivity index (χ0v) is 17.3. The number of piperidine rings is 1. The number of hydrogen-bond acceptors (Lipinski definition) is 4. The van der Waals surface area contributed by atoms with Crippen LogP contribution < -0.4 is 15.0 Å². The van der Waals surface area contributed by atoms with E-state index in [1.807, 2.05) is 30.3 Å². The molecule has 2 aromatic rings. The van der Waals surface area contributed by atoms with Crippen LogP contribution in [0.4, 0.5) is 5.82 Å². The summed E-state index contributed by atoms with van der Waals surface area (Å²) in [5, 5.41) is 3.17. The molecule has 1 saturated heterocycles. The number of carbonyl (C=O) groups excluding carboxylic acids is 1. The maximum atomic E-state index is 12.6. The second-order valence-corrected chi connectivity index (χ2v) is 8.22. The Morgan fingerprint density at radius 3 is 2.41 bits per heavy atom. The van der Waals surface area contributed by atoms with Crippen molar-refractivity contribution in [3.8, 4) is 5.75 Å². The highest BCUT2D eigenvalue weighted by Crippen LogP contribution is 2.31. The lowest BCUT2D eigenvalue weighted by atomic mass is 9.89. The van der Waals surface area contributed by atoms with E-state index in [4.69, 9.17) is 4.74 Å². The number of nitrogens with zero attached hydrogens (tertiary/aromatic N) is 2. The molecule has 1 N–H and O–H groups in total. The molecule has 1 aromatic heterocycles. The lowest BCUT2D eigenvalue weighted by Gasteiger charge is -2.33. The predicted molar refractivity (Wildman–Crippen MR) is 116 cm³/mol. The molecule has 29 heavy (non-hydrogen) atoms. The van der Waals surface area contributed by atoms with Crippen LogP contribution in [0.3, 0.4) is 0 Å². The number of methoxy groups -OCH3 is 1. The van der Waals surface area contributed by atoms with Crippen molar-refractivity contribution in [2.45, 2.75) is 56.9 Å². The van der Waals surface area contributed by atoms with Gasteiger partial charge >= 0.3 is 0 Å². The highest BCUT2D eigenvalue weighted by Gasteiger charge is 2.23. The summed E-state index contributed by atoms with van der Waals surface area (Å²) >= 11 is 0. The van der Waals surface area contributed by atoms with Crippen molar-refractivity contribution in [2.75, 3.05) is 25.1 Å². The highest BCUT2D eigenvalue weighted by atomic mass is 16.5. The van der Waals surface area contributed by atoms with Crippen molar-refractivity contribution >= 4 is 11.7 Å². The van der Waals surface area contributed by atoms with Gasteiger partial charge in [0.25, 0.3) is 5.91 Å². The summed E-state index contributed by atoms with van der Waals surface area (Å²) in [7, 11) is 1.70. The molecule has 1 saturated carbocycles. The van der Waals surface area contributed by atoms with Gasteiger partial charge < -0.3 is 15.0 Å². The number of nitrogens with one attached hydrogen (secondary N) is 1. The molecular weight excluding hydrogens is 362 g/mol. The second-order valence-electron chi connectivity index (χ2n) is 8.22. The van der Waals surface area contributed by atoms with E-state index in [0.29, 0.717) is 17.7 Å². The molecule has 0 atom stereocenters. The summed E-state index contributed by atoms with van der Waals surface area (Å²) in [6, 6.07) is 14.5. The number of benzene rings is 1. The zero-order valence-electron chi connectivity index (χ0n) is 17.3. The molecule has 0 radical (unpaired) electrons. The van der Waals surface area contributed by atoms with E-state index in [-0.39, 0.29) is 5.91 Å². The van der Waals surface area contributed by atoms with Crippen molar-refractivity contribution in [2.24, 2.45) is 0 Å². The number of ether oxygens (including phenoxy) is 1. The van der Waals surface area contributed by atoms with Gasteiger partial charge in [-0.3, -0.25) is 4.79 Å². The molecule has 5 heteroatoms. The quantitative estimate of drug-likeness (QED) is 0.810. The molecule has 4 rings (SSSR count). The maximum Gasteiger partial charge on any atom is 0.270 e. The summed E-state index contributed by atoms with van der Waals surface area (Å²) in [6.45, 7) is 1.91. The summed E-state index contributed by atoms with van der Waals surface area (Å²) in [6.07, 6.45) is 8.06. The van der Waals surface area contributed by atoms with Crippen molar-refractivity contribution in [1.82, 2.24) is 10.3 Å². The summed E-state index contributed by atoms with van der Waals surface area (Å²) in [5.41, 5.74) is 1.91. The van der Waals surface area contributed by atoms with Crippen LogP contribution in [0.15, 0.2) is 42.5 Å². The average Bonchev–Trinajstić information content (AvgIpc) is 2.80. The van der Waals surface area contributed by atoms with Gasteiger partial charge in [0.1, 0.15) is 17.3 Å². The van der Waals surface area contributed by atoms with Gasteiger partial charge in [-0.05, 0) is 61.4 Å². The predicted octanol–water partition coefficient (Wildman–Crippen LogP) is 4.54. The summed E-state index contributed by atoms with van der Waals surface area (Å²) in [4.78, 5) is 19.6.